The fraction of sp³-hybridized carbons (Fsp3) is 0.364. The SMILES string of the molecule is CS(=O)CCCNC(=O)c1cc(S(N)(=O)=O)c(Cl)cc1F. The summed E-state index contributed by atoms with van der Waals surface area (Å²) in [6.07, 6.45) is 1.98. The molecule has 6 nitrogen and oxygen atoms in total. The molecule has 118 valence electrons. The molecule has 0 saturated carbocycles. The first-order valence-corrected chi connectivity index (χ1v) is 9.38. The lowest BCUT2D eigenvalue weighted by Crippen LogP contribution is -2.27. The Hall–Kier alpha value is -1.03. The van der Waals surface area contributed by atoms with Crippen LogP contribution in [0.15, 0.2) is 17.0 Å². The van der Waals surface area contributed by atoms with Gasteiger partial charge in [-0.15, -0.1) is 0 Å². The highest BCUT2D eigenvalue weighted by Gasteiger charge is 2.20. The van der Waals surface area contributed by atoms with E-state index in [1.54, 1.807) is 0 Å². The van der Waals surface area contributed by atoms with Crippen LogP contribution in [-0.2, 0) is 20.8 Å². The van der Waals surface area contributed by atoms with E-state index in [0.717, 1.165) is 12.1 Å². The summed E-state index contributed by atoms with van der Waals surface area (Å²) >= 11 is 5.59. The smallest absolute Gasteiger partial charge is 0.254 e. The predicted octanol–water partition coefficient (Wildman–Crippen LogP) is 0.625. The number of hydrogen-bond donors (Lipinski definition) is 2. The zero-order chi connectivity index (χ0) is 16.2. The number of amides is 1. The summed E-state index contributed by atoms with van der Waals surface area (Å²) < 4.78 is 47.1. The van der Waals surface area contributed by atoms with Gasteiger partial charge in [0.2, 0.25) is 10.0 Å². The maximum Gasteiger partial charge on any atom is 0.254 e. The van der Waals surface area contributed by atoms with Gasteiger partial charge in [0.05, 0.1) is 10.6 Å². The third kappa shape index (κ3) is 5.34. The molecular formula is C11H14ClFN2O4S2. The molecule has 1 aromatic rings. The molecule has 0 spiro atoms. The average molecular weight is 357 g/mol. The molecule has 1 atom stereocenters. The molecule has 10 heteroatoms. The van der Waals surface area contributed by atoms with E-state index in [-0.39, 0.29) is 6.54 Å². The Kier molecular flexibility index (Phi) is 6.26. The van der Waals surface area contributed by atoms with Gasteiger partial charge in [0, 0.05) is 29.4 Å². The summed E-state index contributed by atoms with van der Waals surface area (Å²) in [5.74, 6) is -1.36. The number of carbonyl (C=O) groups is 1. The van der Waals surface area contributed by atoms with Gasteiger partial charge in [-0.2, -0.15) is 0 Å². The molecular weight excluding hydrogens is 343 g/mol. The molecule has 3 N–H and O–H groups in total. The molecule has 1 unspecified atom stereocenters. The summed E-state index contributed by atoms with van der Waals surface area (Å²) in [4.78, 5) is 11.3. The molecule has 0 aliphatic carbocycles. The van der Waals surface area contributed by atoms with E-state index < -0.39 is 48.0 Å². The van der Waals surface area contributed by atoms with Gasteiger partial charge in [0.1, 0.15) is 10.7 Å². The Balaban J connectivity index is 2.92. The summed E-state index contributed by atoms with van der Waals surface area (Å²) in [6.45, 7) is 0.186. The van der Waals surface area contributed by atoms with Crippen molar-refractivity contribution in [3.63, 3.8) is 0 Å². The van der Waals surface area contributed by atoms with Crippen LogP contribution >= 0.6 is 11.6 Å². The van der Waals surface area contributed by atoms with Crippen LogP contribution in [0.2, 0.25) is 5.02 Å². The van der Waals surface area contributed by atoms with Crippen molar-refractivity contribution in [2.75, 3.05) is 18.6 Å². The molecule has 0 radical (unpaired) electrons. The zero-order valence-corrected chi connectivity index (χ0v) is 13.4. The minimum atomic E-state index is -4.16. The quantitative estimate of drug-likeness (QED) is 0.729. The number of nitrogens with two attached hydrogens (primary N) is 1. The van der Waals surface area contributed by atoms with Crippen LogP contribution in [-0.4, -0.2) is 37.1 Å². The van der Waals surface area contributed by atoms with Gasteiger partial charge < -0.3 is 5.32 Å². The normalized spacial score (nSPS) is 13.0. The molecule has 0 saturated heterocycles. The van der Waals surface area contributed by atoms with E-state index in [2.05, 4.69) is 5.32 Å². The van der Waals surface area contributed by atoms with E-state index in [1.165, 1.54) is 6.26 Å². The van der Waals surface area contributed by atoms with Crippen molar-refractivity contribution in [1.29, 1.82) is 0 Å². The third-order valence-electron chi connectivity index (χ3n) is 2.47. The molecule has 0 aliphatic rings. The number of rotatable bonds is 6. The van der Waals surface area contributed by atoms with Gasteiger partial charge in [0.15, 0.2) is 0 Å². The van der Waals surface area contributed by atoms with Crippen molar-refractivity contribution in [2.45, 2.75) is 11.3 Å². The van der Waals surface area contributed by atoms with Gasteiger partial charge in [-0.25, -0.2) is 17.9 Å². The number of halogens is 2. The Labute approximate surface area is 129 Å². The van der Waals surface area contributed by atoms with Crippen molar-refractivity contribution in [3.05, 3.63) is 28.5 Å². The van der Waals surface area contributed by atoms with Crippen LogP contribution in [0.4, 0.5) is 4.39 Å². The second kappa shape index (κ2) is 7.30. The lowest BCUT2D eigenvalue weighted by atomic mass is 10.2. The molecule has 1 amide bonds. The second-order valence-corrected chi connectivity index (χ2v) is 7.69. The monoisotopic (exact) mass is 356 g/mol. The first-order chi connectivity index (χ1) is 9.62. The maximum atomic E-state index is 13.7. The first-order valence-electron chi connectivity index (χ1n) is 5.73. The summed E-state index contributed by atoms with van der Waals surface area (Å²) in [6, 6.07) is 1.51. The van der Waals surface area contributed by atoms with Gasteiger partial charge in [-0.05, 0) is 18.6 Å². The second-order valence-electron chi connectivity index (χ2n) is 4.19. The Morgan fingerprint density at radius 2 is 2.10 bits per heavy atom. The molecule has 1 aromatic carbocycles. The highest BCUT2D eigenvalue weighted by atomic mass is 35.5. The van der Waals surface area contributed by atoms with Crippen molar-refractivity contribution in [1.82, 2.24) is 5.32 Å². The van der Waals surface area contributed by atoms with E-state index in [9.17, 15) is 21.8 Å². The largest absolute Gasteiger partial charge is 0.352 e. The molecule has 0 heterocycles. The van der Waals surface area contributed by atoms with E-state index in [0.29, 0.717) is 12.2 Å². The van der Waals surface area contributed by atoms with Crippen LogP contribution in [0.3, 0.4) is 0 Å². The molecule has 0 bridgehead atoms. The molecule has 21 heavy (non-hydrogen) atoms. The minimum absolute atomic E-state index is 0.186. The van der Waals surface area contributed by atoms with E-state index >= 15 is 0 Å². The first kappa shape index (κ1) is 18.0. The average Bonchev–Trinajstić information content (AvgIpc) is 2.32. The van der Waals surface area contributed by atoms with Gasteiger partial charge in [0.25, 0.3) is 5.91 Å². The Bertz CT molecular complexity index is 679. The number of benzene rings is 1. The summed E-state index contributed by atoms with van der Waals surface area (Å²) in [5, 5.41) is 6.94. The molecule has 0 aromatic heterocycles. The Morgan fingerprint density at radius 1 is 1.48 bits per heavy atom. The molecule has 0 aliphatic heterocycles. The van der Waals surface area contributed by atoms with E-state index in [1.807, 2.05) is 0 Å². The highest BCUT2D eigenvalue weighted by molar-refractivity contribution is 7.89. The number of nitrogens with one attached hydrogen (secondary N) is 1. The molecule has 0 fully saturated rings. The zero-order valence-electron chi connectivity index (χ0n) is 11.1. The van der Waals surface area contributed by atoms with Crippen molar-refractivity contribution < 1.29 is 21.8 Å². The summed E-state index contributed by atoms with van der Waals surface area (Å²) in [5.41, 5.74) is -0.471. The van der Waals surface area contributed by atoms with Crippen molar-refractivity contribution in [3.8, 4) is 0 Å². The fourth-order valence-electron chi connectivity index (χ4n) is 1.49. The topological polar surface area (TPSA) is 106 Å². The third-order valence-corrected chi connectivity index (χ3v) is 4.71. The number of primary sulfonamides is 1. The number of sulfonamides is 1. The number of carbonyl (C=O) groups excluding carboxylic acids is 1. The lowest BCUT2D eigenvalue weighted by Gasteiger charge is -2.08. The fourth-order valence-corrected chi connectivity index (χ4v) is 3.13. The minimum Gasteiger partial charge on any atom is -0.352 e. The number of hydrogen-bond acceptors (Lipinski definition) is 4. The Morgan fingerprint density at radius 3 is 2.62 bits per heavy atom. The van der Waals surface area contributed by atoms with Crippen LogP contribution in [0.5, 0.6) is 0 Å². The predicted molar refractivity (Wildman–Crippen MR) is 78.7 cm³/mol. The lowest BCUT2D eigenvalue weighted by molar-refractivity contribution is 0.0949. The van der Waals surface area contributed by atoms with Gasteiger partial charge >= 0.3 is 0 Å². The molecule has 1 rings (SSSR count). The standard InChI is InChI=1S/C11H14ClFN2O4S2/c1-20(17)4-2-3-15-11(16)7-5-10(21(14,18)19)8(12)6-9(7)13/h5-6H,2-4H2,1H3,(H,15,16)(H2,14,18,19). The maximum absolute atomic E-state index is 13.7. The van der Waals surface area contributed by atoms with Crippen LogP contribution in [0.1, 0.15) is 16.8 Å². The van der Waals surface area contributed by atoms with E-state index in [4.69, 9.17) is 16.7 Å². The van der Waals surface area contributed by atoms with Crippen molar-refractivity contribution in [2.24, 2.45) is 5.14 Å². The van der Waals surface area contributed by atoms with Crippen molar-refractivity contribution >= 4 is 38.3 Å². The van der Waals surface area contributed by atoms with Crippen LogP contribution < -0.4 is 10.5 Å². The van der Waals surface area contributed by atoms with Crippen LogP contribution in [0, 0.1) is 5.82 Å². The summed E-state index contributed by atoms with van der Waals surface area (Å²) in [7, 11) is -5.15. The highest BCUT2D eigenvalue weighted by Crippen LogP contribution is 2.24. The van der Waals surface area contributed by atoms with Gasteiger partial charge in [-0.3, -0.25) is 9.00 Å². The van der Waals surface area contributed by atoms with Crippen LogP contribution in [0.25, 0.3) is 0 Å². The van der Waals surface area contributed by atoms with Gasteiger partial charge in [-0.1, -0.05) is 11.6 Å².